The summed E-state index contributed by atoms with van der Waals surface area (Å²) < 4.78 is 5.19. The summed E-state index contributed by atoms with van der Waals surface area (Å²) in [4.78, 5) is 20.5. The third kappa shape index (κ3) is 4.20. The summed E-state index contributed by atoms with van der Waals surface area (Å²) in [5, 5.41) is 12.5. The highest BCUT2D eigenvalue weighted by atomic mass is 32.2. The number of rotatable bonds is 5. The molecule has 1 aromatic carbocycles. The molecule has 6 nitrogen and oxygen atoms in total. The second kappa shape index (κ2) is 7.61. The van der Waals surface area contributed by atoms with E-state index >= 15 is 0 Å². The Labute approximate surface area is 138 Å². The van der Waals surface area contributed by atoms with Crippen molar-refractivity contribution in [1.82, 2.24) is 9.97 Å². The topological polar surface area (TPSA) is 87.9 Å². The number of nitrogens with one attached hydrogen (secondary N) is 1. The molecule has 0 atom stereocenters. The monoisotopic (exact) mass is 328 g/mol. The molecule has 0 aliphatic carbocycles. The second-order valence-corrected chi connectivity index (χ2v) is 5.65. The summed E-state index contributed by atoms with van der Waals surface area (Å²) in [5.74, 6) is 1.12. The van der Waals surface area contributed by atoms with Gasteiger partial charge in [0.2, 0.25) is 5.91 Å². The Morgan fingerprint density at radius 3 is 2.78 bits per heavy atom. The quantitative estimate of drug-likeness (QED) is 0.670. The zero-order chi connectivity index (χ0) is 16.8. The van der Waals surface area contributed by atoms with Gasteiger partial charge in [-0.2, -0.15) is 5.26 Å². The molecule has 23 heavy (non-hydrogen) atoms. The number of benzene rings is 1. The van der Waals surface area contributed by atoms with Crippen LogP contribution in [0.25, 0.3) is 0 Å². The lowest BCUT2D eigenvalue weighted by atomic mass is 10.3. The lowest BCUT2D eigenvalue weighted by Crippen LogP contribution is -2.15. The van der Waals surface area contributed by atoms with E-state index < -0.39 is 0 Å². The van der Waals surface area contributed by atoms with Crippen LogP contribution in [0.2, 0.25) is 0 Å². The zero-order valence-corrected chi connectivity index (χ0v) is 13.9. The summed E-state index contributed by atoms with van der Waals surface area (Å²) in [6, 6.07) is 9.27. The van der Waals surface area contributed by atoms with Gasteiger partial charge in [-0.25, -0.2) is 9.97 Å². The third-order valence-corrected chi connectivity index (χ3v) is 3.98. The molecule has 0 bridgehead atoms. The Morgan fingerprint density at radius 1 is 1.35 bits per heavy atom. The molecular formula is C16H16N4O2S. The first-order valence-corrected chi connectivity index (χ1v) is 7.84. The number of para-hydroxylation sites is 2. The van der Waals surface area contributed by atoms with Crippen LogP contribution in [0.5, 0.6) is 5.75 Å². The lowest BCUT2D eigenvalue weighted by Gasteiger charge is -2.10. The molecule has 0 unspecified atom stereocenters. The number of amides is 1. The van der Waals surface area contributed by atoms with Crippen LogP contribution in [0, 0.1) is 25.2 Å². The van der Waals surface area contributed by atoms with Gasteiger partial charge in [0.1, 0.15) is 28.2 Å². The van der Waals surface area contributed by atoms with E-state index in [-0.39, 0.29) is 11.7 Å². The van der Waals surface area contributed by atoms with Gasteiger partial charge in [0.05, 0.1) is 24.2 Å². The van der Waals surface area contributed by atoms with Crippen LogP contribution in [-0.4, -0.2) is 28.7 Å². The first-order valence-electron chi connectivity index (χ1n) is 6.86. The predicted molar refractivity (Wildman–Crippen MR) is 88.6 cm³/mol. The SMILES string of the molecule is COc1ccccc1NC(=O)CSc1nc(C)nc(C)c1C#N. The van der Waals surface area contributed by atoms with Crippen molar-refractivity contribution in [2.24, 2.45) is 0 Å². The van der Waals surface area contributed by atoms with Gasteiger partial charge in [0.25, 0.3) is 0 Å². The fourth-order valence-electron chi connectivity index (χ4n) is 1.98. The van der Waals surface area contributed by atoms with Crippen LogP contribution in [0.1, 0.15) is 17.1 Å². The van der Waals surface area contributed by atoms with Crippen LogP contribution in [0.15, 0.2) is 29.3 Å². The van der Waals surface area contributed by atoms with Crippen LogP contribution >= 0.6 is 11.8 Å². The maximum atomic E-state index is 12.1. The number of hydrogen-bond donors (Lipinski definition) is 1. The van der Waals surface area contributed by atoms with Gasteiger partial charge in [-0.05, 0) is 26.0 Å². The Hall–Kier alpha value is -2.59. The largest absolute Gasteiger partial charge is 0.495 e. The van der Waals surface area contributed by atoms with Gasteiger partial charge in [0, 0.05) is 0 Å². The molecule has 0 radical (unpaired) electrons. The van der Waals surface area contributed by atoms with Crippen molar-refractivity contribution >= 4 is 23.4 Å². The normalized spacial score (nSPS) is 10.0. The lowest BCUT2D eigenvalue weighted by molar-refractivity contribution is -0.113. The molecule has 7 heteroatoms. The standard InChI is InChI=1S/C16H16N4O2S/c1-10-12(8-17)16(19-11(2)18-10)23-9-15(21)20-13-6-4-5-7-14(13)22-3/h4-7H,9H2,1-3H3,(H,20,21). The maximum Gasteiger partial charge on any atom is 0.234 e. The van der Waals surface area contributed by atoms with Gasteiger partial charge in [0.15, 0.2) is 0 Å². The number of carbonyl (C=O) groups excluding carboxylic acids is 1. The van der Waals surface area contributed by atoms with Crippen molar-refractivity contribution < 1.29 is 9.53 Å². The number of nitriles is 1. The second-order valence-electron chi connectivity index (χ2n) is 4.69. The summed E-state index contributed by atoms with van der Waals surface area (Å²) in [7, 11) is 1.55. The number of hydrogen-bond acceptors (Lipinski definition) is 6. The minimum absolute atomic E-state index is 0.141. The number of nitrogens with zero attached hydrogens (tertiary/aromatic N) is 3. The third-order valence-electron chi connectivity index (χ3n) is 3.00. The van der Waals surface area contributed by atoms with Crippen LogP contribution in [0.4, 0.5) is 5.69 Å². The molecule has 0 spiro atoms. The number of anilines is 1. The fourth-order valence-corrected chi connectivity index (χ4v) is 2.86. The van der Waals surface area contributed by atoms with Crippen molar-refractivity contribution in [2.45, 2.75) is 18.9 Å². The summed E-state index contributed by atoms with van der Waals surface area (Å²) in [6.07, 6.45) is 0. The smallest absolute Gasteiger partial charge is 0.234 e. The van der Waals surface area contributed by atoms with Gasteiger partial charge in [-0.15, -0.1) is 0 Å². The van der Waals surface area contributed by atoms with E-state index in [0.29, 0.717) is 33.5 Å². The highest BCUT2D eigenvalue weighted by Gasteiger charge is 2.13. The minimum atomic E-state index is -0.197. The summed E-state index contributed by atoms with van der Waals surface area (Å²) in [5.41, 5.74) is 1.63. The number of carbonyl (C=O) groups is 1. The predicted octanol–water partition coefficient (Wildman–Crippen LogP) is 2.70. The molecule has 1 N–H and O–H groups in total. The fraction of sp³-hybridized carbons (Fsp3) is 0.250. The molecule has 0 aliphatic heterocycles. The van der Waals surface area contributed by atoms with Crippen molar-refractivity contribution in [3.8, 4) is 11.8 Å². The average Bonchev–Trinajstić information content (AvgIpc) is 2.53. The zero-order valence-electron chi connectivity index (χ0n) is 13.1. The molecule has 2 aromatic rings. The van der Waals surface area contributed by atoms with E-state index in [2.05, 4.69) is 21.4 Å². The Balaban J connectivity index is 2.07. The number of aromatic nitrogens is 2. The average molecular weight is 328 g/mol. The van der Waals surface area contributed by atoms with Gasteiger partial charge in [-0.1, -0.05) is 23.9 Å². The molecule has 1 heterocycles. The summed E-state index contributed by atoms with van der Waals surface area (Å²) in [6.45, 7) is 3.51. The molecule has 2 rings (SSSR count). The molecule has 0 saturated heterocycles. The number of methoxy groups -OCH3 is 1. The van der Waals surface area contributed by atoms with Crippen molar-refractivity contribution in [1.29, 1.82) is 5.26 Å². The number of thioether (sulfide) groups is 1. The van der Waals surface area contributed by atoms with E-state index in [0.717, 1.165) is 0 Å². The Bertz CT molecular complexity index is 771. The molecule has 118 valence electrons. The first-order chi connectivity index (χ1) is 11.0. The van der Waals surface area contributed by atoms with E-state index in [1.54, 1.807) is 33.1 Å². The minimum Gasteiger partial charge on any atom is -0.495 e. The Morgan fingerprint density at radius 2 is 2.09 bits per heavy atom. The first kappa shape index (κ1) is 16.8. The highest BCUT2D eigenvalue weighted by Crippen LogP contribution is 2.25. The van der Waals surface area contributed by atoms with Crippen molar-refractivity contribution in [3.63, 3.8) is 0 Å². The molecule has 1 amide bonds. The van der Waals surface area contributed by atoms with Crippen molar-refractivity contribution in [3.05, 3.63) is 41.3 Å². The van der Waals surface area contributed by atoms with E-state index in [4.69, 9.17) is 4.74 Å². The summed E-state index contributed by atoms with van der Waals surface area (Å²) >= 11 is 1.21. The molecule has 0 saturated carbocycles. The molecular weight excluding hydrogens is 312 g/mol. The van der Waals surface area contributed by atoms with Gasteiger partial charge >= 0.3 is 0 Å². The van der Waals surface area contributed by atoms with E-state index in [9.17, 15) is 10.1 Å². The van der Waals surface area contributed by atoms with E-state index in [1.807, 2.05) is 12.1 Å². The molecule has 0 aliphatic rings. The van der Waals surface area contributed by atoms with Gasteiger partial charge < -0.3 is 10.1 Å². The number of aryl methyl sites for hydroxylation is 2. The van der Waals surface area contributed by atoms with Crippen LogP contribution in [-0.2, 0) is 4.79 Å². The molecule has 1 aromatic heterocycles. The van der Waals surface area contributed by atoms with Gasteiger partial charge in [-0.3, -0.25) is 4.79 Å². The molecule has 0 fully saturated rings. The van der Waals surface area contributed by atoms with E-state index in [1.165, 1.54) is 11.8 Å². The van der Waals surface area contributed by atoms with Crippen LogP contribution < -0.4 is 10.1 Å². The van der Waals surface area contributed by atoms with Crippen molar-refractivity contribution in [2.75, 3.05) is 18.2 Å². The van der Waals surface area contributed by atoms with Crippen LogP contribution in [0.3, 0.4) is 0 Å². The number of ether oxygens (including phenoxy) is 1. The Kier molecular flexibility index (Phi) is 5.55. The highest BCUT2D eigenvalue weighted by molar-refractivity contribution is 8.00. The maximum absolute atomic E-state index is 12.1.